The van der Waals surface area contributed by atoms with Crippen molar-refractivity contribution in [3.8, 4) is 0 Å². The lowest BCUT2D eigenvalue weighted by Crippen LogP contribution is -2.32. The van der Waals surface area contributed by atoms with Crippen LogP contribution < -0.4 is 5.32 Å². The van der Waals surface area contributed by atoms with E-state index in [2.05, 4.69) is 20.2 Å². The van der Waals surface area contributed by atoms with Crippen LogP contribution in [0.4, 0.5) is 0 Å². The summed E-state index contributed by atoms with van der Waals surface area (Å²) in [6.45, 7) is 2.70. The maximum atomic E-state index is 11.3. The second-order valence-corrected chi connectivity index (χ2v) is 4.13. The zero-order valence-corrected chi connectivity index (χ0v) is 9.57. The molecule has 2 heterocycles. The van der Waals surface area contributed by atoms with E-state index >= 15 is 0 Å². The first-order chi connectivity index (χ1) is 7.74. The SMILES string of the molecule is O=C1CN(Cc2cnc(Cl)cn2)CCCN1. The van der Waals surface area contributed by atoms with Crippen molar-refractivity contribution >= 4 is 17.5 Å². The molecule has 1 fully saturated rings. The van der Waals surface area contributed by atoms with Crippen LogP contribution in [0, 0.1) is 0 Å². The molecule has 0 bridgehead atoms. The molecule has 6 heteroatoms. The normalized spacial score (nSPS) is 17.9. The van der Waals surface area contributed by atoms with Crippen LogP contribution in [0.15, 0.2) is 12.4 Å². The van der Waals surface area contributed by atoms with E-state index in [1.165, 1.54) is 6.20 Å². The van der Waals surface area contributed by atoms with Crippen molar-refractivity contribution in [2.45, 2.75) is 13.0 Å². The molecule has 0 radical (unpaired) electrons. The fraction of sp³-hybridized carbons (Fsp3) is 0.500. The Morgan fingerprint density at radius 3 is 3.06 bits per heavy atom. The zero-order valence-electron chi connectivity index (χ0n) is 8.82. The predicted molar refractivity (Wildman–Crippen MR) is 59.9 cm³/mol. The van der Waals surface area contributed by atoms with Crippen LogP contribution in [0.2, 0.25) is 5.15 Å². The first kappa shape index (κ1) is 11.3. The largest absolute Gasteiger partial charge is 0.355 e. The maximum Gasteiger partial charge on any atom is 0.234 e. The molecule has 2 rings (SSSR count). The van der Waals surface area contributed by atoms with Crippen molar-refractivity contribution in [2.75, 3.05) is 19.6 Å². The molecule has 16 heavy (non-hydrogen) atoms. The molecule has 1 aromatic rings. The highest BCUT2D eigenvalue weighted by Gasteiger charge is 2.14. The molecule has 0 spiro atoms. The first-order valence-corrected chi connectivity index (χ1v) is 5.57. The Morgan fingerprint density at radius 2 is 2.31 bits per heavy atom. The highest BCUT2D eigenvalue weighted by Crippen LogP contribution is 2.06. The van der Waals surface area contributed by atoms with Gasteiger partial charge in [-0.15, -0.1) is 0 Å². The molecule has 1 amide bonds. The van der Waals surface area contributed by atoms with E-state index in [0.717, 1.165) is 25.2 Å². The minimum atomic E-state index is 0.0689. The second-order valence-electron chi connectivity index (χ2n) is 3.74. The van der Waals surface area contributed by atoms with Crippen molar-refractivity contribution < 1.29 is 4.79 Å². The minimum Gasteiger partial charge on any atom is -0.355 e. The molecule has 0 saturated carbocycles. The molecule has 5 nitrogen and oxygen atoms in total. The highest BCUT2D eigenvalue weighted by molar-refractivity contribution is 6.29. The maximum absolute atomic E-state index is 11.3. The molecule has 1 aromatic heterocycles. The Balaban J connectivity index is 1.97. The van der Waals surface area contributed by atoms with Gasteiger partial charge in [-0.05, 0) is 6.42 Å². The molecule has 0 unspecified atom stereocenters. The van der Waals surface area contributed by atoms with Gasteiger partial charge in [-0.1, -0.05) is 11.6 Å². The Labute approximate surface area is 98.8 Å². The third-order valence-corrected chi connectivity index (χ3v) is 2.60. The summed E-state index contributed by atoms with van der Waals surface area (Å²) >= 11 is 5.65. The van der Waals surface area contributed by atoms with E-state index in [1.54, 1.807) is 6.20 Å². The Morgan fingerprint density at radius 1 is 1.44 bits per heavy atom. The van der Waals surface area contributed by atoms with Gasteiger partial charge in [-0.25, -0.2) is 4.98 Å². The molecule has 0 aliphatic carbocycles. The number of nitrogens with zero attached hydrogens (tertiary/aromatic N) is 3. The molecule has 1 N–H and O–H groups in total. The van der Waals surface area contributed by atoms with E-state index in [-0.39, 0.29) is 5.91 Å². The number of nitrogens with one attached hydrogen (secondary N) is 1. The van der Waals surface area contributed by atoms with Crippen molar-refractivity contribution in [1.82, 2.24) is 20.2 Å². The number of carbonyl (C=O) groups excluding carboxylic acids is 1. The van der Waals surface area contributed by atoms with E-state index in [1.807, 2.05) is 0 Å². The number of hydrogen-bond donors (Lipinski definition) is 1. The van der Waals surface area contributed by atoms with E-state index in [0.29, 0.717) is 18.2 Å². The van der Waals surface area contributed by atoms with E-state index < -0.39 is 0 Å². The van der Waals surface area contributed by atoms with Gasteiger partial charge in [0, 0.05) is 19.6 Å². The molecular formula is C10H13ClN4O. The second kappa shape index (κ2) is 5.23. The van der Waals surface area contributed by atoms with E-state index in [4.69, 9.17) is 11.6 Å². The summed E-state index contributed by atoms with van der Waals surface area (Å²) < 4.78 is 0. The van der Waals surface area contributed by atoms with Gasteiger partial charge < -0.3 is 5.32 Å². The fourth-order valence-corrected chi connectivity index (χ4v) is 1.75. The topological polar surface area (TPSA) is 58.1 Å². The van der Waals surface area contributed by atoms with Crippen molar-refractivity contribution in [3.05, 3.63) is 23.2 Å². The lowest BCUT2D eigenvalue weighted by atomic mass is 10.3. The summed E-state index contributed by atoms with van der Waals surface area (Å²) in [5.41, 5.74) is 0.833. The van der Waals surface area contributed by atoms with Gasteiger partial charge in [0.25, 0.3) is 0 Å². The number of carbonyl (C=O) groups is 1. The average Bonchev–Trinajstić information content (AvgIpc) is 2.46. The Hall–Kier alpha value is -1.20. The molecule has 1 saturated heterocycles. The van der Waals surface area contributed by atoms with Gasteiger partial charge in [-0.3, -0.25) is 14.7 Å². The molecule has 1 aliphatic rings. The predicted octanol–water partition coefficient (Wildman–Crippen LogP) is 0.452. The standard InChI is InChI=1S/C10H13ClN4O/c11-9-5-13-8(4-14-9)6-15-3-1-2-12-10(16)7-15/h4-5H,1-3,6-7H2,(H,12,16). The van der Waals surface area contributed by atoms with Gasteiger partial charge in [0.15, 0.2) is 0 Å². The summed E-state index contributed by atoms with van der Waals surface area (Å²) in [7, 11) is 0. The van der Waals surface area contributed by atoms with Crippen LogP contribution in [0.5, 0.6) is 0 Å². The van der Waals surface area contributed by atoms with Gasteiger partial charge in [0.05, 0.1) is 24.6 Å². The number of hydrogen-bond acceptors (Lipinski definition) is 4. The van der Waals surface area contributed by atoms with Crippen LogP contribution >= 0.6 is 11.6 Å². The third kappa shape index (κ3) is 3.15. The number of rotatable bonds is 2. The number of amides is 1. The summed E-state index contributed by atoms with van der Waals surface area (Å²) in [5, 5.41) is 3.22. The van der Waals surface area contributed by atoms with Gasteiger partial charge in [0.1, 0.15) is 5.15 Å². The fourth-order valence-electron chi connectivity index (χ4n) is 1.65. The van der Waals surface area contributed by atoms with Crippen molar-refractivity contribution in [1.29, 1.82) is 0 Å². The van der Waals surface area contributed by atoms with Crippen LogP contribution in [-0.2, 0) is 11.3 Å². The van der Waals surface area contributed by atoms with Gasteiger partial charge in [0.2, 0.25) is 5.91 Å². The highest BCUT2D eigenvalue weighted by atomic mass is 35.5. The minimum absolute atomic E-state index is 0.0689. The van der Waals surface area contributed by atoms with Crippen LogP contribution in [0.3, 0.4) is 0 Å². The van der Waals surface area contributed by atoms with Crippen LogP contribution in [0.1, 0.15) is 12.1 Å². The summed E-state index contributed by atoms with van der Waals surface area (Å²) in [5.74, 6) is 0.0689. The molecule has 86 valence electrons. The molecule has 0 aromatic carbocycles. The summed E-state index contributed by atoms with van der Waals surface area (Å²) in [6.07, 6.45) is 4.13. The lowest BCUT2D eigenvalue weighted by molar-refractivity contribution is -0.121. The van der Waals surface area contributed by atoms with Gasteiger partial charge >= 0.3 is 0 Å². The smallest absolute Gasteiger partial charge is 0.234 e. The quantitative estimate of drug-likeness (QED) is 0.816. The van der Waals surface area contributed by atoms with Crippen LogP contribution in [0.25, 0.3) is 0 Å². The van der Waals surface area contributed by atoms with E-state index in [9.17, 15) is 4.79 Å². The third-order valence-electron chi connectivity index (χ3n) is 2.40. The number of aromatic nitrogens is 2. The lowest BCUT2D eigenvalue weighted by Gasteiger charge is -2.17. The molecule has 1 aliphatic heterocycles. The van der Waals surface area contributed by atoms with Gasteiger partial charge in [-0.2, -0.15) is 0 Å². The average molecular weight is 241 g/mol. The van der Waals surface area contributed by atoms with Crippen molar-refractivity contribution in [2.24, 2.45) is 0 Å². The Kier molecular flexibility index (Phi) is 3.69. The number of halogens is 1. The summed E-state index contributed by atoms with van der Waals surface area (Å²) in [4.78, 5) is 21.5. The zero-order chi connectivity index (χ0) is 11.4. The van der Waals surface area contributed by atoms with Crippen LogP contribution in [-0.4, -0.2) is 40.4 Å². The monoisotopic (exact) mass is 240 g/mol. The summed E-state index contributed by atoms with van der Waals surface area (Å²) in [6, 6.07) is 0. The molecular weight excluding hydrogens is 228 g/mol. The Bertz CT molecular complexity index is 368. The van der Waals surface area contributed by atoms with Crippen molar-refractivity contribution in [3.63, 3.8) is 0 Å². The first-order valence-electron chi connectivity index (χ1n) is 5.19. The molecule has 0 atom stereocenters.